The Morgan fingerprint density at radius 2 is 1.90 bits per heavy atom. The number of para-hydroxylation sites is 1. The second-order valence-corrected chi connectivity index (χ2v) is 8.86. The van der Waals surface area contributed by atoms with Gasteiger partial charge in [0.1, 0.15) is 5.60 Å². The normalized spacial score (nSPS) is 26.9. The summed E-state index contributed by atoms with van der Waals surface area (Å²) in [6, 6.07) is 6.10. The van der Waals surface area contributed by atoms with Crippen LogP contribution in [0.15, 0.2) is 18.2 Å². The highest BCUT2D eigenvalue weighted by Crippen LogP contribution is 2.41. The number of hydrogen-bond donors (Lipinski definition) is 2. The van der Waals surface area contributed by atoms with Crippen molar-refractivity contribution in [2.75, 3.05) is 44.4 Å². The molecule has 29 heavy (non-hydrogen) atoms. The van der Waals surface area contributed by atoms with Gasteiger partial charge in [-0.25, -0.2) is 0 Å². The van der Waals surface area contributed by atoms with E-state index in [2.05, 4.69) is 15.9 Å². The Morgan fingerprint density at radius 1 is 1.17 bits per heavy atom. The third kappa shape index (κ3) is 4.31. The molecule has 2 aliphatic heterocycles. The van der Waals surface area contributed by atoms with E-state index < -0.39 is 11.5 Å². The molecule has 1 aromatic rings. The number of amides is 1. The van der Waals surface area contributed by atoms with E-state index in [0.717, 1.165) is 75.6 Å². The lowest BCUT2D eigenvalue weighted by molar-refractivity contribution is -0.141. The van der Waals surface area contributed by atoms with E-state index in [0.29, 0.717) is 12.7 Å². The van der Waals surface area contributed by atoms with E-state index in [1.54, 1.807) is 6.92 Å². The zero-order valence-electron chi connectivity index (χ0n) is 17.3. The lowest BCUT2D eigenvalue weighted by Gasteiger charge is -2.38. The summed E-state index contributed by atoms with van der Waals surface area (Å²) >= 11 is 0. The van der Waals surface area contributed by atoms with Gasteiger partial charge in [0.25, 0.3) is 0 Å². The number of anilines is 1. The lowest BCUT2D eigenvalue weighted by Crippen LogP contribution is -2.49. The number of aliphatic hydroxyl groups is 1. The Bertz CT molecular complexity index is 723. The standard InChI is InChI=1S/C22H33N3O4/c1-22(27,21(23)26)17-7-5-16(6-8-17)9-10-24-11-13-25(14-12-24)18-3-2-4-19-20(18)29-15-28-19/h2-4,16-17,27H,5-15H2,1H3,(H2,23,26). The third-order valence-corrected chi connectivity index (χ3v) is 7.08. The number of ether oxygens (including phenoxy) is 2. The van der Waals surface area contributed by atoms with Crippen molar-refractivity contribution in [1.82, 2.24) is 4.90 Å². The van der Waals surface area contributed by atoms with Crippen molar-refractivity contribution < 1.29 is 19.4 Å². The van der Waals surface area contributed by atoms with Crippen molar-refractivity contribution in [1.29, 1.82) is 0 Å². The SMILES string of the molecule is CC(O)(C(N)=O)C1CCC(CCN2CCN(c3cccc4c3OCO4)CC2)CC1. The number of hydrogen-bond acceptors (Lipinski definition) is 6. The summed E-state index contributed by atoms with van der Waals surface area (Å²) in [6.45, 7) is 7.08. The van der Waals surface area contributed by atoms with Crippen LogP contribution in [0.1, 0.15) is 39.0 Å². The molecule has 160 valence electrons. The van der Waals surface area contributed by atoms with Crippen molar-refractivity contribution in [2.45, 2.75) is 44.6 Å². The topological polar surface area (TPSA) is 88.3 Å². The molecule has 1 saturated carbocycles. The summed E-state index contributed by atoms with van der Waals surface area (Å²) in [5.74, 6) is 1.80. The maximum atomic E-state index is 11.5. The molecule has 2 heterocycles. The average Bonchev–Trinajstić information content (AvgIpc) is 3.22. The Labute approximate surface area is 172 Å². The van der Waals surface area contributed by atoms with Crippen LogP contribution in [-0.4, -0.2) is 61.0 Å². The van der Waals surface area contributed by atoms with Crippen molar-refractivity contribution in [3.8, 4) is 11.5 Å². The van der Waals surface area contributed by atoms with Gasteiger partial charge in [0.05, 0.1) is 5.69 Å². The minimum atomic E-state index is -1.37. The molecule has 7 heteroatoms. The fourth-order valence-corrected chi connectivity index (χ4v) is 4.96. The summed E-state index contributed by atoms with van der Waals surface area (Å²) in [6.07, 6.45) is 5.09. The van der Waals surface area contributed by atoms with Crippen LogP contribution in [0.2, 0.25) is 0 Å². The molecule has 3 N–H and O–H groups in total. The number of primary amides is 1. The summed E-state index contributed by atoms with van der Waals surface area (Å²) in [4.78, 5) is 16.4. The third-order valence-electron chi connectivity index (χ3n) is 7.08. The van der Waals surface area contributed by atoms with Crippen LogP contribution in [0.3, 0.4) is 0 Å². The van der Waals surface area contributed by atoms with E-state index in [9.17, 15) is 9.90 Å². The number of carbonyl (C=O) groups is 1. The zero-order valence-corrected chi connectivity index (χ0v) is 17.3. The first-order valence-corrected chi connectivity index (χ1v) is 10.8. The molecule has 1 atom stereocenters. The highest BCUT2D eigenvalue weighted by atomic mass is 16.7. The molecular formula is C22H33N3O4. The summed E-state index contributed by atoms with van der Waals surface area (Å²) < 4.78 is 11.2. The Morgan fingerprint density at radius 3 is 2.59 bits per heavy atom. The number of benzene rings is 1. The van der Waals surface area contributed by atoms with Gasteiger partial charge in [-0.15, -0.1) is 0 Å². The predicted octanol–water partition coefficient (Wildman–Crippen LogP) is 1.97. The zero-order chi connectivity index (χ0) is 20.4. The van der Waals surface area contributed by atoms with Gasteiger partial charge in [-0.3, -0.25) is 9.69 Å². The van der Waals surface area contributed by atoms with Crippen molar-refractivity contribution >= 4 is 11.6 Å². The molecule has 7 nitrogen and oxygen atoms in total. The van der Waals surface area contributed by atoms with Crippen molar-refractivity contribution in [3.63, 3.8) is 0 Å². The predicted molar refractivity (Wildman–Crippen MR) is 111 cm³/mol. The molecule has 1 unspecified atom stereocenters. The number of fused-ring (bicyclic) bond motifs is 1. The maximum Gasteiger partial charge on any atom is 0.249 e. The molecule has 1 amide bonds. The fourth-order valence-electron chi connectivity index (χ4n) is 4.96. The molecule has 0 radical (unpaired) electrons. The molecule has 3 aliphatic rings. The van der Waals surface area contributed by atoms with Gasteiger partial charge >= 0.3 is 0 Å². The quantitative estimate of drug-likeness (QED) is 0.755. The van der Waals surface area contributed by atoms with Crippen LogP contribution in [0.5, 0.6) is 11.5 Å². The molecule has 1 aliphatic carbocycles. The molecule has 4 rings (SSSR count). The number of piperazine rings is 1. The number of nitrogens with zero attached hydrogens (tertiary/aromatic N) is 2. The number of nitrogens with two attached hydrogens (primary N) is 1. The van der Waals surface area contributed by atoms with Gasteiger partial charge in [-0.2, -0.15) is 0 Å². The van der Waals surface area contributed by atoms with Crippen molar-refractivity contribution in [2.24, 2.45) is 17.6 Å². The van der Waals surface area contributed by atoms with Gasteiger partial charge in [-0.05, 0) is 56.7 Å². The van der Waals surface area contributed by atoms with E-state index >= 15 is 0 Å². The highest BCUT2D eigenvalue weighted by molar-refractivity contribution is 5.83. The van der Waals surface area contributed by atoms with E-state index in [1.807, 2.05) is 12.1 Å². The smallest absolute Gasteiger partial charge is 0.249 e. The Hall–Kier alpha value is -1.99. The highest BCUT2D eigenvalue weighted by Gasteiger charge is 2.39. The molecule has 2 fully saturated rings. The van der Waals surface area contributed by atoms with Crippen LogP contribution >= 0.6 is 0 Å². The maximum absolute atomic E-state index is 11.5. The molecule has 0 aromatic heterocycles. The fraction of sp³-hybridized carbons (Fsp3) is 0.682. The molecule has 1 saturated heterocycles. The first-order valence-electron chi connectivity index (χ1n) is 10.8. The van der Waals surface area contributed by atoms with Crippen LogP contribution in [-0.2, 0) is 4.79 Å². The van der Waals surface area contributed by atoms with Gasteiger partial charge in [0.15, 0.2) is 11.5 Å². The van der Waals surface area contributed by atoms with E-state index in [4.69, 9.17) is 15.2 Å². The largest absolute Gasteiger partial charge is 0.454 e. The van der Waals surface area contributed by atoms with Gasteiger partial charge in [0.2, 0.25) is 12.7 Å². The Kier molecular flexibility index (Phi) is 5.88. The van der Waals surface area contributed by atoms with Gasteiger partial charge < -0.3 is 25.2 Å². The second-order valence-electron chi connectivity index (χ2n) is 8.86. The summed E-state index contributed by atoms with van der Waals surface area (Å²) in [5.41, 5.74) is 5.13. The Balaban J connectivity index is 1.21. The number of rotatable bonds is 6. The molecule has 0 bridgehead atoms. The number of carbonyl (C=O) groups excluding carboxylic acids is 1. The van der Waals surface area contributed by atoms with Crippen LogP contribution in [0, 0.1) is 11.8 Å². The van der Waals surface area contributed by atoms with Crippen molar-refractivity contribution in [3.05, 3.63) is 18.2 Å². The first-order chi connectivity index (χ1) is 13.9. The molecule has 1 aromatic carbocycles. The average molecular weight is 404 g/mol. The summed E-state index contributed by atoms with van der Waals surface area (Å²) in [7, 11) is 0. The minimum Gasteiger partial charge on any atom is -0.454 e. The van der Waals surface area contributed by atoms with Crippen LogP contribution in [0.4, 0.5) is 5.69 Å². The van der Waals surface area contributed by atoms with Gasteiger partial charge in [0, 0.05) is 26.2 Å². The van der Waals surface area contributed by atoms with E-state index in [-0.39, 0.29) is 5.92 Å². The molecule has 0 spiro atoms. The minimum absolute atomic E-state index is 0.00130. The second kappa shape index (κ2) is 8.40. The van der Waals surface area contributed by atoms with E-state index in [1.165, 1.54) is 6.42 Å². The monoisotopic (exact) mass is 403 g/mol. The van der Waals surface area contributed by atoms with Crippen LogP contribution in [0.25, 0.3) is 0 Å². The van der Waals surface area contributed by atoms with Gasteiger partial charge in [-0.1, -0.05) is 18.9 Å². The molecular weight excluding hydrogens is 370 g/mol. The summed E-state index contributed by atoms with van der Waals surface area (Å²) in [5, 5.41) is 10.3. The lowest BCUT2D eigenvalue weighted by atomic mass is 9.73. The van der Waals surface area contributed by atoms with Crippen LogP contribution < -0.4 is 20.1 Å². The first kappa shape index (κ1) is 20.3.